The number of rotatable bonds is 6. The van der Waals surface area contributed by atoms with Crippen LogP contribution < -0.4 is 5.32 Å². The predicted octanol–water partition coefficient (Wildman–Crippen LogP) is 2.58. The molecule has 1 amide bonds. The van der Waals surface area contributed by atoms with Gasteiger partial charge in [0.15, 0.2) is 0 Å². The zero-order chi connectivity index (χ0) is 11.8. The topological polar surface area (TPSA) is 29.1 Å². The van der Waals surface area contributed by atoms with Crippen molar-refractivity contribution in [2.75, 3.05) is 5.75 Å². The van der Waals surface area contributed by atoms with Crippen LogP contribution in [0.2, 0.25) is 0 Å². The van der Waals surface area contributed by atoms with Crippen molar-refractivity contribution in [3.8, 4) is 0 Å². The van der Waals surface area contributed by atoms with Gasteiger partial charge < -0.3 is 5.32 Å². The highest BCUT2D eigenvalue weighted by Crippen LogP contribution is 2.06. The van der Waals surface area contributed by atoms with Gasteiger partial charge >= 0.3 is 0 Å². The number of nitrogens with one attached hydrogen (secondary N) is 1. The first-order valence-electron chi connectivity index (χ1n) is 5.71. The number of carbonyl (C=O) groups excluding carboxylic acids is 1. The molecule has 1 N–H and O–H groups in total. The number of hydrogen-bond acceptors (Lipinski definition) is 2. The first-order valence-corrected chi connectivity index (χ1v) is 6.35. The van der Waals surface area contributed by atoms with Crippen molar-refractivity contribution in [2.45, 2.75) is 32.7 Å². The summed E-state index contributed by atoms with van der Waals surface area (Å²) in [7, 11) is 0. The van der Waals surface area contributed by atoms with E-state index in [2.05, 4.69) is 49.1 Å². The molecule has 0 heterocycles. The molecule has 3 heteroatoms. The SMILES string of the molecule is CCCc1ccc(CNC(=O)CCS)cc1. The Morgan fingerprint density at radius 1 is 1.25 bits per heavy atom. The smallest absolute Gasteiger partial charge is 0.221 e. The summed E-state index contributed by atoms with van der Waals surface area (Å²) in [4.78, 5) is 11.2. The van der Waals surface area contributed by atoms with Crippen LogP contribution in [0.4, 0.5) is 0 Å². The van der Waals surface area contributed by atoms with Crippen molar-refractivity contribution < 1.29 is 4.79 Å². The average Bonchev–Trinajstić information content (AvgIpc) is 2.29. The Balaban J connectivity index is 2.40. The molecule has 0 radical (unpaired) electrons. The van der Waals surface area contributed by atoms with Gasteiger partial charge in [0.25, 0.3) is 0 Å². The average molecular weight is 237 g/mol. The lowest BCUT2D eigenvalue weighted by Gasteiger charge is -2.05. The number of aryl methyl sites for hydroxylation is 1. The molecule has 1 aromatic carbocycles. The van der Waals surface area contributed by atoms with Crippen LogP contribution in [-0.4, -0.2) is 11.7 Å². The molecule has 0 aliphatic rings. The van der Waals surface area contributed by atoms with Crippen molar-refractivity contribution >= 4 is 18.5 Å². The molecule has 0 atom stereocenters. The minimum absolute atomic E-state index is 0.0626. The van der Waals surface area contributed by atoms with Crippen LogP contribution in [0.3, 0.4) is 0 Å². The van der Waals surface area contributed by atoms with Gasteiger partial charge in [-0.25, -0.2) is 0 Å². The van der Waals surface area contributed by atoms with Crippen molar-refractivity contribution in [3.63, 3.8) is 0 Å². The maximum Gasteiger partial charge on any atom is 0.221 e. The van der Waals surface area contributed by atoms with Gasteiger partial charge in [0, 0.05) is 13.0 Å². The van der Waals surface area contributed by atoms with Gasteiger partial charge in [0.2, 0.25) is 5.91 Å². The third-order valence-corrected chi connectivity index (χ3v) is 2.61. The second-order valence-electron chi connectivity index (χ2n) is 3.82. The van der Waals surface area contributed by atoms with Crippen LogP contribution >= 0.6 is 12.6 Å². The monoisotopic (exact) mass is 237 g/mol. The van der Waals surface area contributed by atoms with Gasteiger partial charge in [-0.3, -0.25) is 4.79 Å². The molecule has 16 heavy (non-hydrogen) atoms. The van der Waals surface area contributed by atoms with Crippen molar-refractivity contribution in [1.29, 1.82) is 0 Å². The number of hydrogen-bond donors (Lipinski definition) is 2. The Morgan fingerprint density at radius 3 is 2.44 bits per heavy atom. The zero-order valence-electron chi connectivity index (χ0n) is 9.70. The fourth-order valence-electron chi connectivity index (χ4n) is 1.50. The molecule has 0 aromatic heterocycles. The zero-order valence-corrected chi connectivity index (χ0v) is 10.6. The van der Waals surface area contributed by atoms with E-state index in [0.29, 0.717) is 18.7 Å². The summed E-state index contributed by atoms with van der Waals surface area (Å²) in [6.07, 6.45) is 2.77. The Bertz CT molecular complexity index is 321. The van der Waals surface area contributed by atoms with E-state index in [0.717, 1.165) is 18.4 Å². The lowest BCUT2D eigenvalue weighted by atomic mass is 10.1. The molecule has 0 fully saturated rings. The van der Waals surface area contributed by atoms with Crippen LogP contribution in [0.25, 0.3) is 0 Å². The van der Waals surface area contributed by atoms with Gasteiger partial charge in [-0.05, 0) is 23.3 Å². The Hall–Kier alpha value is -0.960. The molecule has 0 aliphatic carbocycles. The summed E-state index contributed by atoms with van der Waals surface area (Å²) < 4.78 is 0. The third-order valence-electron chi connectivity index (χ3n) is 2.39. The maximum atomic E-state index is 11.2. The highest BCUT2D eigenvalue weighted by Gasteiger charge is 1.99. The van der Waals surface area contributed by atoms with E-state index < -0.39 is 0 Å². The van der Waals surface area contributed by atoms with Gasteiger partial charge in [-0.15, -0.1) is 0 Å². The molecule has 0 saturated carbocycles. The minimum Gasteiger partial charge on any atom is -0.352 e. The van der Waals surface area contributed by atoms with E-state index in [-0.39, 0.29) is 5.91 Å². The van der Waals surface area contributed by atoms with Crippen molar-refractivity contribution in [1.82, 2.24) is 5.32 Å². The first kappa shape index (κ1) is 13.1. The summed E-state index contributed by atoms with van der Waals surface area (Å²) in [5, 5.41) is 2.86. The van der Waals surface area contributed by atoms with E-state index in [1.807, 2.05) is 0 Å². The van der Waals surface area contributed by atoms with Crippen LogP contribution in [0, 0.1) is 0 Å². The molecule has 0 aliphatic heterocycles. The predicted molar refractivity (Wildman–Crippen MR) is 70.8 cm³/mol. The van der Waals surface area contributed by atoms with Crippen LogP contribution in [-0.2, 0) is 17.8 Å². The summed E-state index contributed by atoms with van der Waals surface area (Å²) in [6, 6.07) is 8.41. The molecule has 1 aromatic rings. The van der Waals surface area contributed by atoms with Crippen LogP contribution in [0.15, 0.2) is 24.3 Å². The van der Waals surface area contributed by atoms with E-state index in [1.54, 1.807) is 0 Å². The van der Waals surface area contributed by atoms with Gasteiger partial charge in [-0.2, -0.15) is 12.6 Å². The molecule has 0 saturated heterocycles. The van der Waals surface area contributed by atoms with Gasteiger partial charge in [0.05, 0.1) is 0 Å². The largest absolute Gasteiger partial charge is 0.352 e. The highest BCUT2D eigenvalue weighted by molar-refractivity contribution is 7.80. The number of benzene rings is 1. The molecular formula is C13H19NOS. The minimum atomic E-state index is 0.0626. The van der Waals surface area contributed by atoms with Crippen molar-refractivity contribution in [3.05, 3.63) is 35.4 Å². The third kappa shape index (κ3) is 4.71. The fourth-order valence-corrected chi connectivity index (χ4v) is 1.71. The molecule has 0 unspecified atom stereocenters. The second kappa shape index (κ2) is 7.34. The van der Waals surface area contributed by atoms with Crippen LogP contribution in [0.1, 0.15) is 30.9 Å². The number of amides is 1. The molecule has 0 spiro atoms. The van der Waals surface area contributed by atoms with E-state index in [4.69, 9.17) is 0 Å². The second-order valence-corrected chi connectivity index (χ2v) is 4.26. The molecule has 2 nitrogen and oxygen atoms in total. The molecular weight excluding hydrogens is 218 g/mol. The van der Waals surface area contributed by atoms with Crippen LogP contribution in [0.5, 0.6) is 0 Å². The van der Waals surface area contributed by atoms with Gasteiger partial charge in [-0.1, -0.05) is 37.6 Å². The molecule has 0 bridgehead atoms. The van der Waals surface area contributed by atoms with E-state index in [9.17, 15) is 4.79 Å². The highest BCUT2D eigenvalue weighted by atomic mass is 32.1. The Kier molecular flexibility index (Phi) is 6.01. The normalized spacial score (nSPS) is 10.1. The lowest BCUT2D eigenvalue weighted by Crippen LogP contribution is -2.22. The van der Waals surface area contributed by atoms with E-state index in [1.165, 1.54) is 5.56 Å². The number of carbonyl (C=O) groups is 1. The maximum absolute atomic E-state index is 11.2. The summed E-state index contributed by atoms with van der Waals surface area (Å²) in [5.41, 5.74) is 2.50. The molecule has 1 rings (SSSR count). The Morgan fingerprint density at radius 2 is 1.88 bits per heavy atom. The quantitative estimate of drug-likeness (QED) is 0.732. The van der Waals surface area contributed by atoms with E-state index >= 15 is 0 Å². The summed E-state index contributed by atoms with van der Waals surface area (Å²) >= 11 is 4.02. The lowest BCUT2D eigenvalue weighted by molar-refractivity contribution is -0.120. The molecule has 88 valence electrons. The number of thiol groups is 1. The fraction of sp³-hybridized carbons (Fsp3) is 0.462. The summed E-state index contributed by atoms with van der Waals surface area (Å²) in [6.45, 7) is 2.78. The standard InChI is InChI=1S/C13H19NOS/c1-2-3-11-4-6-12(7-5-11)10-14-13(15)8-9-16/h4-7,16H,2-3,8-10H2,1H3,(H,14,15). The van der Waals surface area contributed by atoms with Crippen molar-refractivity contribution in [2.24, 2.45) is 0 Å². The summed E-state index contributed by atoms with van der Waals surface area (Å²) in [5.74, 6) is 0.661. The Labute approximate surface area is 103 Å². The van der Waals surface area contributed by atoms with Gasteiger partial charge in [0.1, 0.15) is 0 Å². The first-order chi connectivity index (χ1) is 7.76.